The van der Waals surface area contributed by atoms with Gasteiger partial charge in [0, 0.05) is 0 Å². The molecule has 6 N–H and O–H groups in total. The second kappa shape index (κ2) is 9.75. The lowest BCUT2D eigenvalue weighted by atomic mass is 9.75. The summed E-state index contributed by atoms with van der Waals surface area (Å²) in [6.45, 7) is 2.12. The molecule has 8 heteroatoms. The normalized spacial score (nSPS) is 21.6. The molecule has 0 saturated carbocycles. The van der Waals surface area contributed by atoms with Crippen molar-refractivity contribution >= 4 is 28.6 Å². The van der Waals surface area contributed by atoms with E-state index < -0.39 is 23.4 Å². The number of hydrogen-bond donors (Lipinski definition) is 3. The van der Waals surface area contributed by atoms with Crippen LogP contribution in [0.15, 0.2) is 40.9 Å². The Morgan fingerprint density at radius 2 is 1.96 bits per heavy atom. The molecule has 1 aromatic carbocycles. The van der Waals surface area contributed by atoms with Crippen LogP contribution in [0.25, 0.3) is 0 Å². The quantitative estimate of drug-likeness (QED) is 0.539. The number of nitrogens with two attached hydrogens (primary N) is 3. The molecule has 0 aliphatic carbocycles. The molecule has 2 unspecified atom stereocenters. The Morgan fingerprint density at radius 1 is 1.25 bits per heavy atom. The van der Waals surface area contributed by atoms with Crippen LogP contribution in [0.1, 0.15) is 31.7 Å². The van der Waals surface area contributed by atoms with Gasteiger partial charge in [-0.1, -0.05) is 38.0 Å². The minimum absolute atomic E-state index is 0.154. The van der Waals surface area contributed by atoms with Gasteiger partial charge >= 0.3 is 0 Å². The topological polar surface area (TPSA) is 134 Å². The van der Waals surface area contributed by atoms with Crippen molar-refractivity contribution in [3.05, 3.63) is 41.5 Å². The van der Waals surface area contributed by atoms with Gasteiger partial charge in [-0.2, -0.15) is 0 Å². The van der Waals surface area contributed by atoms with Crippen LogP contribution in [0.4, 0.5) is 0 Å². The third-order valence-corrected chi connectivity index (χ3v) is 5.89. The fourth-order valence-corrected chi connectivity index (χ4v) is 4.20. The fraction of sp³-hybridized carbons (Fsp3) is 0.450. The number of rotatable bonds is 9. The number of aliphatic imine (C=N–C) groups is 1. The lowest BCUT2D eigenvalue weighted by Crippen LogP contribution is -2.53. The molecule has 1 heterocycles. The fourth-order valence-electron chi connectivity index (χ4n) is 3.15. The average Bonchev–Trinajstić information content (AvgIpc) is 2.67. The monoisotopic (exact) mass is 404 g/mol. The molecule has 1 aliphatic rings. The summed E-state index contributed by atoms with van der Waals surface area (Å²) in [4.78, 5) is 29.0. The summed E-state index contributed by atoms with van der Waals surface area (Å²) in [5.74, 6) is 0.0795. The molecule has 0 fully saturated rings. The molecule has 2 rings (SSSR count). The smallest absolute Gasteiger partial charge is 0.251 e. The van der Waals surface area contributed by atoms with Gasteiger partial charge in [0.1, 0.15) is 22.4 Å². The molecule has 152 valence electrons. The van der Waals surface area contributed by atoms with Crippen LogP contribution in [0, 0.1) is 5.41 Å². The molecule has 0 aromatic heterocycles. The van der Waals surface area contributed by atoms with Crippen molar-refractivity contribution in [3.8, 4) is 5.75 Å². The lowest BCUT2D eigenvalue weighted by Gasteiger charge is -2.35. The van der Waals surface area contributed by atoms with Gasteiger partial charge in [-0.3, -0.25) is 14.6 Å². The maximum Gasteiger partial charge on any atom is 0.251 e. The summed E-state index contributed by atoms with van der Waals surface area (Å²) in [5.41, 5.74) is 17.2. The Hall–Kier alpha value is -2.32. The van der Waals surface area contributed by atoms with E-state index in [1.807, 2.05) is 18.2 Å². The average molecular weight is 405 g/mol. The molecule has 0 bridgehead atoms. The van der Waals surface area contributed by atoms with E-state index in [2.05, 4.69) is 11.9 Å². The van der Waals surface area contributed by atoms with Crippen LogP contribution in [-0.2, 0) is 16.0 Å². The number of ether oxygens (including phenoxy) is 1. The van der Waals surface area contributed by atoms with E-state index in [4.69, 9.17) is 21.9 Å². The zero-order valence-electron chi connectivity index (χ0n) is 16.3. The van der Waals surface area contributed by atoms with E-state index in [-0.39, 0.29) is 12.0 Å². The third kappa shape index (κ3) is 4.74. The van der Waals surface area contributed by atoms with Crippen LogP contribution in [-0.4, -0.2) is 35.9 Å². The number of primary amides is 2. The largest absolute Gasteiger partial charge is 0.496 e. The van der Waals surface area contributed by atoms with Gasteiger partial charge in [0.2, 0.25) is 5.91 Å². The van der Waals surface area contributed by atoms with Gasteiger partial charge < -0.3 is 21.9 Å². The molecule has 0 spiro atoms. The number of benzene rings is 1. The zero-order valence-corrected chi connectivity index (χ0v) is 17.1. The first kappa shape index (κ1) is 22.0. The van der Waals surface area contributed by atoms with Gasteiger partial charge in [-0.15, -0.1) is 11.8 Å². The second-order valence-corrected chi connectivity index (χ2v) is 7.83. The van der Waals surface area contributed by atoms with Crippen LogP contribution in [0.2, 0.25) is 0 Å². The van der Waals surface area contributed by atoms with Gasteiger partial charge in [-0.25, -0.2) is 0 Å². The van der Waals surface area contributed by atoms with Gasteiger partial charge in [0.05, 0.1) is 12.7 Å². The molecular weight excluding hydrogens is 376 g/mol. The number of thioether (sulfide) groups is 1. The molecule has 28 heavy (non-hydrogen) atoms. The highest BCUT2D eigenvalue weighted by Gasteiger charge is 2.45. The van der Waals surface area contributed by atoms with E-state index in [1.165, 1.54) is 17.8 Å². The van der Waals surface area contributed by atoms with Crippen molar-refractivity contribution in [1.29, 1.82) is 0 Å². The molecule has 1 aromatic rings. The molecule has 0 saturated heterocycles. The van der Waals surface area contributed by atoms with Gasteiger partial charge in [0.25, 0.3) is 5.91 Å². The zero-order chi connectivity index (χ0) is 20.7. The van der Waals surface area contributed by atoms with Crippen molar-refractivity contribution in [2.45, 2.75) is 38.8 Å². The number of carbonyl (C=O) groups is 2. The second-order valence-electron chi connectivity index (χ2n) is 6.75. The number of amides is 2. The molecular formula is C20H28N4O3S. The predicted molar refractivity (Wildman–Crippen MR) is 113 cm³/mol. The summed E-state index contributed by atoms with van der Waals surface area (Å²) in [7, 11) is 1.55. The Morgan fingerprint density at radius 3 is 2.57 bits per heavy atom. The Bertz CT molecular complexity index is 793. The van der Waals surface area contributed by atoms with Crippen LogP contribution >= 0.6 is 11.8 Å². The number of methoxy groups -OCH3 is 1. The Labute approximate surface area is 169 Å². The van der Waals surface area contributed by atoms with E-state index in [1.54, 1.807) is 13.2 Å². The predicted octanol–water partition coefficient (Wildman–Crippen LogP) is 1.74. The van der Waals surface area contributed by atoms with E-state index >= 15 is 0 Å². The summed E-state index contributed by atoms with van der Waals surface area (Å²) in [6, 6.07) is 7.27. The first-order valence-corrected chi connectivity index (χ1v) is 10.2. The van der Waals surface area contributed by atoms with Gasteiger partial charge in [-0.05, 0) is 36.3 Å². The van der Waals surface area contributed by atoms with Crippen LogP contribution in [0.5, 0.6) is 5.75 Å². The van der Waals surface area contributed by atoms with E-state index in [0.717, 1.165) is 30.6 Å². The summed E-state index contributed by atoms with van der Waals surface area (Å²) in [6.07, 6.45) is 3.90. The number of unbranched alkanes of at least 4 members (excludes halogenated alkanes) is 2. The van der Waals surface area contributed by atoms with Gasteiger partial charge in [0.15, 0.2) is 0 Å². The third-order valence-electron chi connectivity index (χ3n) is 4.80. The molecule has 1 aliphatic heterocycles. The van der Waals surface area contributed by atoms with Crippen molar-refractivity contribution in [2.75, 3.05) is 12.9 Å². The number of hydrogen-bond acceptors (Lipinski definition) is 6. The highest BCUT2D eigenvalue weighted by molar-refractivity contribution is 8.14. The van der Waals surface area contributed by atoms with E-state index in [0.29, 0.717) is 10.8 Å². The SMILES string of the molecule is CCCCCSC1=NC(N)C(Cc2ccccc2OC)(C(N)=O)C=C1C(N)=O. The minimum atomic E-state index is -1.37. The summed E-state index contributed by atoms with van der Waals surface area (Å²) >= 11 is 1.43. The molecule has 2 atom stereocenters. The maximum atomic E-state index is 12.5. The van der Waals surface area contributed by atoms with Crippen molar-refractivity contribution < 1.29 is 14.3 Å². The number of para-hydroxylation sites is 1. The van der Waals surface area contributed by atoms with E-state index in [9.17, 15) is 9.59 Å². The number of carbonyl (C=O) groups excluding carboxylic acids is 2. The Balaban J connectivity index is 2.40. The van der Waals surface area contributed by atoms with Crippen molar-refractivity contribution in [3.63, 3.8) is 0 Å². The molecule has 2 amide bonds. The lowest BCUT2D eigenvalue weighted by molar-refractivity contribution is -0.126. The minimum Gasteiger partial charge on any atom is -0.496 e. The summed E-state index contributed by atoms with van der Waals surface area (Å²) < 4.78 is 5.37. The highest BCUT2D eigenvalue weighted by Crippen LogP contribution is 2.37. The first-order valence-electron chi connectivity index (χ1n) is 9.26. The maximum absolute atomic E-state index is 12.5. The first-order chi connectivity index (χ1) is 13.4. The Kier molecular flexibility index (Phi) is 7.65. The highest BCUT2D eigenvalue weighted by atomic mass is 32.2. The standard InChI is InChI=1S/C20H28N4O3S/c1-3-4-7-10-28-17-14(16(21)25)12-20(19(23)26,18(22)24-17)11-13-8-5-6-9-15(13)27-2/h5-6,8-9,12,18H,3-4,7,10-11,22H2,1-2H3,(H2,21,25)(H2,23,26). The summed E-state index contributed by atoms with van der Waals surface area (Å²) in [5, 5.41) is 0.466. The molecule has 0 radical (unpaired) electrons. The number of nitrogens with zero attached hydrogens (tertiary/aromatic N) is 1. The van der Waals surface area contributed by atoms with Crippen LogP contribution < -0.4 is 21.9 Å². The van der Waals surface area contributed by atoms with Crippen molar-refractivity contribution in [1.82, 2.24) is 0 Å². The number of dihydropyridines is 1. The molecule has 7 nitrogen and oxygen atoms in total. The van der Waals surface area contributed by atoms with Crippen molar-refractivity contribution in [2.24, 2.45) is 27.6 Å². The van der Waals surface area contributed by atoms with Crippen LogP contribution in [0.3, 0.4) is 0 Å².